The molecular formula is C23H22ClNO4. The van der Waals surface area contributed by atoms with Crippen molar-refractivity contribution in [2.75, 3.05) is 11.9 Å². The maximum atomic E-state index is 12.8. The summed E-state index contributed by atoms with van der Waals surface area (Å²) >= 11 is 6.08. The molecule has 0 aliphatic carbocycles. The van der Waals surface area contributed by atoms with E-state index in [1.807, 2.05) is 49.4 Å². The van der Waals surface area contributed by atoms with Gasteiger partial charge in [-0.25, -0.2) is 4.79 Å². The Kier molecular flexibility index (Phi) is 6.73. The molecule has 0 bridgehead atoms. The van der Waals surface area contributed by atoms with Gasteiger partial charge in [-0.2, -0.15) is 0 Å². The van der Waals surface area contributed by atoms with E-state index in [0.29, 0.717) is 17.9 Å². The highest BCUT2D eigenvalue weighted by Crippen LogP contribution is 2.27. The summed E-state index contributed by atoms with van der Waals surface area (Å²) in [5.41, 5.74) is 0.650. The summed E-state index contributed by atoms with van der Waals surface area (Å²) in [5, 5.41) is 5.04. The van der Waals surface area contributed by atoms with E-state index in [9.17, 15) is 9.59 Å². The number of halogens is 1. The molecule has 6 heteroatoms. The number of ether oxygens (including phenoxy) is 2. The maximum Gasteiger partial charge on any atom is 0.339 e. The Morgan fingerprint density at radius 3 is 2.55 bits per heavy atom. The van der Waals surface area contributed by atoms with Crippen molar-refractivity contribution in [1.82, 2.24) is 0 Å². The summed E-state index contributed by atoms with van der Waals surface area (Å²) in [5.74, 6) is -0.196. The Labute approximate surface area is 174 Å². The van der Waals surface area contributed by atoms with Crippen molar-refractivity contribution in [1.29, 1.82) is 0 Å². The molecule has 0 aromatic heterocycles. The highest BCUT2D eigenvalue weighted by molar-refractivity contribution is 6.33. The molecule has 0 radical (unpaired) electrons. The van der Waals surface area contributed by atoms with Crippen LogP contribution in [0.15, 0.2) is 60.7 Å². The Bertz CT molecular complexity index is 1030. The van der Waals surface area contributed by atoms with Gasteiger partial charge < -0.3 is 14.8 Å². The smallest absolute Gasteiger partial charge is 0.339 e. The standard InChI is InChI=1S/C23H22ClNO4/c1-3-20(29-21-11-7-9-15-8-5-6-10-17(15)21)22(26)25-16-12-13-19(24)18(14-16)23(27)28-4-2/h5-14,20H,3-4H2,1-2H3,(H,25,26). The van der Waals surface area contributed by atoms with Crippen LogP contribution in [0.2, 0.25) is 5.02 Å². The normalized spacial score (nSPS) is 11.7. The molecule has 3 rings (SSSR count). The van der Waals surface area contributed by atoms with Gasteiger partial charge in [-0.1, -0.05) is 54.9 Å². The predicted octanol–water partition coefficient (Wildman–Crippen LogP) is 5.47. The Balaban J connectivity index is 1.78. The molecular weight excluding hydrogens is 390 g/mol. The van der Waals surface area contributed by atoms with Gasteiger partial charge in [0.05, 0.1) is 17.2 Å². The topological polar surface area (TPSA) is 64.6 Å². The van der Waals surface area contributed by atoms with Gasteiger partial charge in [0, 0.05) is 11.1 Å². The molecule has 0 saturated carbocycles. The number of nitrogens with one attached hydrogen (secondary N) is 1. The number of benzene rings is 3. The lowest BCUT2D eigenvalue weighted by Crippen LogP contribution is -2.32. The fraction of sp³-hybridized carbons (Fsp3) is 0.217. The lowest BCUT2D eigenvalue weighted by atomic mass is 10.1. The predicted molar refractivity (Wildman–Crippen MR) is 115 cm³/mol. The Morgan fingerprint density at radius 2 is 1.79 bits per heavy atom. The van der Waals surface area contributed by atoms with Gasteiger partial charge in [-0.15, -0.1) is 0 Å². The zero-order chi connectivity index (χ0) is 20.8. The second-order valence-corrected chi connectivity index (χ2v) is 6.80. The van der Waals surface area contributed by atoms with Gasteiger partial charge in [-0.3, -0.25) is 4.79 Å². The first kappa shape index (κ1) is 20.7. The van der Waals surface area contributed by atoms with Crippen LogP contribution in [-0.2, 0) is 9.53 Å². The summed E-state index contributed by atoms with van der Waals surface area (Å²) in [6.45, 7) is 3.83. The number of amides is 1. The molecule has 1 atom stereocenters. The molecule has 150 valence electrons. The fourth-order valence-electron chi connectivity index (χ4n) is 2.97. The van der Waals surface area contributed by atoms with Crippen molar-refractivity contribution in [2.24, 2.45) is 0 Å². The number of fused-ring (bicyclic) bond motifs is 1. The van der Waals surface area contributed by atoms with E-state index in [2.05, 4.69) is 5.32 Å². The average Bonchev–Trinajstić information content (AvgIpc) is 2.73. The van der Waals surface area contributed by atoms with Crippen LogP contribution in [0.5, 0.6) is 5.75 Å². The first-order chi connectivity index (χ1) is 14.0. The van der Waals surface area contributed by atoms with Crippen LogP contribution in [0.25, 0.3) is 10.8 Å². The summed E-state index contributed by atoms with van der Waals surface area (Å²) < 4.78 is 11.0. The molecule has 1 unspecified atom stereocenters. The number of hydrogen-bond donors (Lipinski definition) is 1. The number of hydrogen-bond acceptors (Lipinski definition) is 4. The molecule has 5 nitrogen and oxygen atoms in total. The molecule has 0 heterocycles. The minimum atomic E-state index is -0.692. The molecule has 1 N–H and O–H groups in total. The van der Waals surface area contributed by atoms with Crippen molar-refractivity contribution in [2.45, 2.75) is 26.4 Å². The van der Waals surface area contributed by atoms with E-state index in [4.69, 9.17) is 21.1 Å². The third kappa shape index (κ3) is 4.87. The van der Waals surface area contributed by atoms with E-state index in [1.165, 1.54) is 6.07 Å². The van der Waals surface area contributed by atoms with Gasteiger partial charge in [-0.05, 0) is 43.0 Å². The molecule has 0 spiro atoms. The monoisotopic (exact) mass is 411 g/mol. The second kappa shape index (κ2) is 9.43. The summed E-state index contributed by atoms with van der Waals surface area (Å²) in [7, 11) is 0. The molecule has 0 aliphatic heterocycles. The van der Waals surface area contributed by atoms with Crippen LogP contribution in [0.1, 0.15) is 30.6 Å². The fourth-order valence-corrected chi connectivity index (χ4v) is 3.16. The number of rotatable bonds is 7. The van der Waals surface area contributed by atoms with E-state index in [1.54, 1.807) is 19.1 Å². The van der Waals surface area contributed by atoms with Crippen LogP contribution >= 0.6 is 11.6 Å². The molecule has 0 aliphatic rings. The highest BCUT2D eigenvalue weighted by Gasteiger charge is 2.21. The van der Waals surface area contributed by atoms with E-state index in [-0.39, 0.29) is 23.1 Å². The van der Waals surface area contributed by atoms with Crippen molar-refractivity contribution in [3.63, 3.8) is 0 Å². The lowest BCUT2D eigenvalue weighted by Gasteiger charge is -2.19. The van der Waals surface area contributed by atoms with Crippen molar-refractivity contribution in [3.05, 3.63) is 71.2 Å². The van der Waals surface area contributed by atoms with Gasteiger partial charge in [0.2, 0.25) is 0 Å². The largest absolute Gasteiger partial charge is 0.480 e. The molecule has 29 heavy (non-hydrogen) atoms. The lowest BCUT2D eigenvalue weighted by molar-refractivity contribution is -0.122. The summed E-state index contributed by atoms with van der Waals surface area (Å²) in [6.07, 6.45) is -0.213. The molecule has 1 amide bonds. The zero-order valence-corrected chi connectivity index (χ0v) is 17.0. The van der Waals surface area contributed by atoms with E-state index in [0.717, 1.165) is 10.8 Å². The average molecular weight is 412 g/mol. The van der Waals surface area contributed by atoms with Crippen LogP contribution in [0.3, 0.4) is 0 Å². The van der Waals surface area contributed by atoms with Crippen LogP contribution in [0.4, 0.5) is 5.69 Å². The summed E-state index contributed by atoms with van der Waals surface area (Å²) in [6, 6.07) is 18.3. The minimum Gasteiger partial charge on any atom is -0.480 e. The van der Waals surface area contributed by atoms with Crippen molar-refractivity contribution in [3.8, 4) is 5.75 Å². The minimum absolute atomic E-state index is 0.203. The second-order valence-electron chi connectivity index (χ2n) is 6.40. The van der Waals surface area contributed by atoms with E-state index >= 15 is 0 Å². The number of carbonyl (C=O) groups excluding carboxylic acids is 2. The van der Waals surface area contributed by atoms with Crippen LogP contribution in [-0.4, -0.2) is 24.6 Å². The summed E-state index contributed by atoms with van der Waals surface area (Å²) in [4.78, 5) is 24.8. The number of anilines is 1. The van der Waals surface area contributed by atoms with Gasteiger partial charge in [0.15, 0.2) is 6.10 Å². The first-order valence-electron chi connectivity index (χ1n) is 9.45. The first-order valence-corrected chi connectivity index (χ1v) is 9.83. The Morgan fingerprint density at radius 1 is 1.03 bits per heavy atom. The van der Waals surface area contributed by atoms with Crippen LogP contribution in [0, 0.1) is 0 Å². The maximum absolute atomic E-state index is 12.8. The molecule has 3 aromatic rings. The number of esters is 1. The highest BCUT2D eigenvalue weighted by atomic mass is 35.5. The molecule has 0 saturated heterocycles. The van der Waals surface area contributed by atoms with Gasteiger partial charge in [0.1, 0.15) is 5.75 Å². The zero-order valence-electron chi connectivity index (χ0n) is 16.3. The third-order valence-corrected chi connectivity index (χ3v) is 4.74. The third-order valence-electron chi connectivity index (χ3n) is 4.41. The van der Waals surface area contributed by atoms with Crippen molar-refractivity contribution < 1.29 is 19.1 Å². The van der Waals surface area contributed by atoms with Crippen LogP contribution < -0.4 is 10.1 Å². The van der Waals surface area contributed by atoms with Gasteiger partial charge >= 0.3 is 5.97 Å². The number of carbonyl (C=O) groups is 2. The van der Waals surface area contributed by atoms with E-state index < -0.39 is 12.1 Å². The molecule has 3 aromatic carbocycles. The van der Waals surface area contributed by atoms with Gasteiger partial charge in [0.25, 0.3) is 5.91 Å². The SMILES string of the molecule is CCOC(=O)c1cc(NC(=O)C(CC)Oc2cccc3ccccc23)ccc1Cl. The molecule has 0 fully saturated rings. The van der Waals surface area contributed by atoms with Crippen molar-refractivity contribution >= 4 is 39.9 Å². The Hall–Kier alpha value is -3.05. The quantitative estimate of drug-likeness (QED) is 0.524.